The van der Waals surface area contributed by atoms with Crippen molar-refractivity contribution in [3.63, 3.8) is 0 Å². The number of benzene rings is 1. The fourth-order valence-corrected chi connectivity index (χ4v) is 4.32. The summed E-state index contributed by atoms with van der Waals surface area (Å²) in [4.78, 5) is 33.4. The van der Waals surface area contributed by atoms with Crippen molar-refractivity contribution in [3.8, 4) is 6.07 Å². The second kappa shape index (κ2) is 8.77. The Kier molecular flexibility index (Phi) is 6.17. The van der Waals surface area contributed by atoms with Crippen molar-refractivity contribution in [3.05, 3.63) is 76.6 Å². The van der Waals surface area contributed by atoms with E-state index in [0.717, 1.165) is 5.56 Å². The first-order valence-corrected chi connectivity index (χ1v) is 9.82. The number of ketones is 2. The number of nitrogens with zero attached hydrogens (tertiary/aromatic N) is 3. The minimum absolute atomic E-state index is 0.0325. The Morgan fingerprint density at radius 3 is 2.54 bits per heavy atom. The van der Waals surface area contributed by atoms with Gasteiger partial charge in [-0.25, -0.2) is 4.99 Å². The molecule has 1 aliphatic rings. The van der Waals surface area contributed by atoms with E-state index in [0.29, 0.717) is 21.9 Å². The fraction of sp³-hybridized carbons (Fsp3) is 0.227. The van der Waals surface area contributed by atoms with Crippen LogP contribution in [0.1, 0.15) is 35.7 Å². The molecular weight excluding hydrogens is 370 g/mol. The number of thioether (sulfide) groups is 1. The number of pyridine rings is 1. The molecule has 2 aromatic rings. The molecule has 0 spiro atoms. The lowest BCUT2D eigenvalue weighted by Gasteiger charge is -2.29. The molecule has 1 aliphatic heterocycles. The Labute approximate surface area is 168 Å². The predicted molar refractivity (Wildman–Crippen MR) is 110 cm³/mol. The predicted octanol–water partition coefficient (Wildman–Crippen LogP) is 4.20. The van der Waals surface area contributed by atoms with E-state index in [1.807, 2.05) is 24.3 Å². The minimum Gasteiger partial charge on any atom is -0.299 e. The van der Waals surface area contributed by atoms with Crippen molar-refractivity contribution in [2.75, 3.05) is 5.75 Å². The molecule has 2 atom stereocenters. The Hall–Kier alpha value is -3.04. The monoisotopic (exact) mass is 389 g/mol. The van der Waals surface area contributed by atoms with Crippen LogP contribution in [-0.4, -0.2) is 28.0 Å². The third kappa shape index (κ3) is 4.10. The average molecular weight is 389 g/mol. The largest absolute Gasteiger partial charge is 0.299 e. The smallest absolute Gasteiger partial charge is 0.173 e. The number of aliphatic imine (C=N–C) groups is 1. The van der Waals surface area contributed by atoms with Gasteiger partial charge in [0.25, 0.3) is 0 Å². The lowest BCUT2D eigenvalue weighted by atomic mass is 9.76. The molecule has 0 saturated carbocycles. The highest BCUT2D eigenvalue weighted by molar-refractivity contribution is 8.03. The number of carbonyl (C=O) groups is 2. The van der Waals surface area contributed by atoms with Crippen LogP contribution < -0.4 is 0 Å². The van der Waals surface area contributed by atoms with Crippen LogP contribution in [0.3, 0.4) is 0 Å². The van der Waals surface area contributed by atoms with Gasteiger partial charge in [-0.05, 0) is 25.5 Å². The van der Waals surface area contributed by atoms with Crippen LogP contribution in [0.25, 0.3) is 0 Å². The fourth-order valence-electron chi connectivity index (χ4n) is 3.35. The van der Waals surface area contributed by atoms with Crippen molar-refractivity contribution < 1.29 is 9.59 Å². The van der Waals surface area contributed by atoms with Crippen LogP contribution in [0.4, 0.5) is 0 Å². The molecule has 1 aromatic heterocycles. The van der Waals surface area contributed by atoms with E-state index in [4.69, 9.17) is 0 Å². The SMILES string of the molecule is CC(=O)C1C(C)=NC(SCC(=O)c2ccccc2)=C(C#N)[C@@H]1c1cccnc1. The maximum Gasteiger partial charge on any atom is 0.173 e. The summed E-state index contributed by atoms with van der Waals surface area (Å²) in [5.74, 6) is -0.857. The van der Waals surface area contributed by atoms with E-state index in [9.17, 15) is 14.9 Å². The number of nitriles is 1. The molecule has 0 bridgehead atoms. The van der Waals surface area contributed by atoms with Gasteiger partial charge in [-0.3, -0.25) is 14.6 Å². The van der Waals surface area contributed by atoms with Gasteiger partial charge in [0.05, 0.1) is 23.3 Å². The second-order valence-electron chi connectivity index (χ2n) is 6.51. The van der Waals surface area contributed by atoms with Crippen LogP contribution >= 0.6 is 11.8 Å². The van der Waals surface area contributed by atoms with E-state index < -0.39 is 11.8 Å². The zero-order chi connectivity index (χ0) is 20.1. The highest BCUT2D eigenvalue weighted by atomic mass is 32.2. The quantitative estimate of drug-likeness (QED) is 0.692. The number of carbonyl (C=O) groups excluding carboxylic acids is 2. The number of allylic oxidation sites excluding steroid dienone is 1. The maximum atomic E-state index is 12.4. The minimum atomic E-state index is -0.506. The van der Waals surface area contributed by atoms with Crippen LogP contribution in [0.2, 0.25) is 0 Å². The lowest BCUT2D eigenvalue weighted by molar-refractivity contribution is -0.119. The first-order valence-electron chi connectivity index (χ1n) is 8.83. The van der Waals surface area contributed by atoms with Gasteiger partial charge >= 0.3 is 0 Å². The third-order valence-corrected chi connectivity index (χ3v) is 5.63. The summed E-state index contributed by atoms with van der Waals surface area (Å²) in [5.41, 5.74) is 2.47. The van der Waals surface area contributed by atoms with Crippen LogP contribution in [0.5, 0.6) is 0 Å². The van der Waals surface area contributed by atoms with Crippen molar-refractivity contribution >= 4 is 29.0 Å². The zero-order valence-corrected chi connectivity index (χ0v) is 16.4. The summed E-state index contributed by atoms with van der Waals surface area (Å²) in [5, 5.41) is 10.4. The molecule has 140 valence electrons. The summed E-state index contributed by atoms with van der Waals surface area (Å²) in [6.07, 6.45) is 3.33. The van der Waals surface area contributed by atoms with Gasteiger partial charge < -0.3 is 0 Å². The first-order chi connectivity index (χ1) is 13.5. The molecule has 5 nitrogen and oxygen atoms in total. The van der Waals surface area contributed by atoms with Crippen molar-refractivity contribution in [1.29, 1.82) is 5.26 Å². The van der Waals surface area contributed by atoms with Gasteiger partial charge in [-0.2, -0.15) is 5.26 Å². The molecule has 1 unspecified atom stereocenters. The molecule has 0 N–H and O–H groups in total. The molecule has 2 heterocycles. The molecule has 0 radical (unpaired) electrons. The molecule has 0 saturated heterocycles. The van der Waals surface area contributed by atoms with E-state index >= 15 is 0 Å². The highest BCUT2D eigenvalue weighted by Gasteiger charge is 2.37. The van der Waals surface area contributed by atoms with Crippen molar-refractivity contribution in [2.45, 2.75) is 19.8 Å². The normalized spacial score (nSPS) is 19.0. The van der Waals surface area contributed by atoms with Crippen molar-refractivity contribution in [1.82, 2.24) is 4.98 Å². The van der Waals surface area contributed by atoms with Gasteiger partial charge in [0, 0.05) is 29.6 Å². The molecule has 3 rings (SSSR count). The maximum absolute atomic E-state index is 12.4. The van der Waals surface area contributed by atoms with Crippen molar-refractivity contribution in [2.24, 2.45) is 10.9 Å². The van der Waals surface area contributed by atoms with Crippen LogP contribution in [0, 0.1) is 17.2 Å². The first kappa shape index (κ1) is 19.7. The highest BCUT2D eigenvalue weighted by Crippen LogP contribution is 2.41. The van der Waals surface area contributed by atoms with Crippen LogP contribution in [-0.2, 0) is 4.79 Å². The van der Waals surface area contributed by atoms with E-state index in [1.54, 1.807) is 37.5 Å². The number of rotatable bonds is 6. The Morgan fingerprint density at radius 2 is 1.93 bits per heavy atom. The van der Waals surface area contributed by atoms with Gasteiger partial charge in [0.2, 0.25) is 0 Å². The van der Waals surface area contributed by atoms with E-state index in [2.05, 4.69) is 16.0 Å². The summed E-state index contributed by atoms with van der Waals surface area (Å²) < 4.78 is 0. The Balaban J connectivity index is 1.95. The molecule has 28 heavy (non-hydrogen) atoms. The molecule has 0 aliphatic carbocycles. The van der Waals surface area contributed by atoms with Gasteiger partial charge in [-0.15, -0.1) is 0 Å². The van der Waals surface area contributed by atoms with Gasteiger partial charge in [0.15, 0.2) is 5.78 Å². The molecule has 6 heteroatoms. The Morgan fingerprint density at radius 1 is 1.18 bits per heavy atom. The molecule has 0 fully saturated rings. The number of hydrogen-bond donors (Lipinski definition) is 0. The summed E-state index contributed by atoms with van der Waals surface area (Å²) in [6, 6.07) is 14.9. The number of Topliss-reactive ketones (excluding diaryl/α,β-unsaturated/α-hetero) is 2. The zero-order valence-electron chi connectivity index (χ0n) is 15.6. The standard InChI is InChI=1S/C22H19N3O2S/c1-14-20(15(2)26)21(17-9-6-10-24-12-17)18(11-23)22(25-14)28-13-19(27)16-7-4-3-5-8-16/h3-10,12,20-21H,13H2,1-2H3/t20?,21-/m0/s1. The summed E-state index contributed by atoms with van der Waals surface area (Å²) >= 11 is 1.24. The molecular formula is C22H19N3O2S. The lowest BCUT2D eigenvalue weighted by Crippen LogP contribution is -2.31. The number of hydrogen-bond acceptors (Lipinski definition) is 6. The Bertz CT molecular complexity index is 991. The summed E-state index contributed by atoms with van der Waals surface area (Å²) in [6.45, 7) is 3.31. The van der Waals surface area contributed by atoms with Gasteiger partial charge in [-0.1, -0.05) is 48.2 Å². The topological polar surface area (TPSA) is 83.2 Å². The third-order valence-electron chi connectivity index (χ3n) is 4.64. The van der Waals surface area contributed by atoms with Gasteiger partial charge in [0.1, 0.15) is 10.8 Å². The average Bonchev–Trinajstić information content (AvgIpc) is 2.72. The molecule has 0 amide bonds. The van der Waals surface area contributed by atoms with E-state index in [1.165, 1.54) is 18.7 Å². The molecule has 1 aromatic carbocycles. The summed E-state index contributed by atoms with van der Waals surface area (Å²) in [7, 11) is 0. The number of aromatic nitrogens is 1. The second-order valence-corrected chi connectivity index (χ2v) is 7.48. The van der Waals surface area contributed by atoms with E-state index in [-0.39, 0.29) is 17.3 Å². The van der Waals surface area contributed by atoms with Crippen LogP contribution in [0.15, 0.2) is 70.5 Å².